The fourth-order valence-electron chi connectivity index (χ4n) is 3.46. The van der Waals surface area contributed by atoms with E-state index in [1.807, 2.05) is 14.0 Å². The summed E-state index contributed by atoms with van der Waals surface area (Å²) in [4.78, 5) is 12.0. The highest BCUT2D eigenvalue weighted by Gasteiger charge is 2.42. The largest absolute Gasteiger partial charge is 0.351 e. The van der Waals surface area contributed by atoms with Gasteiger partial charge in [-0.15, -0.1) is 0 Å². The zero-order valence-electron chi connectivity index (χ0n) is 14.0. The van der Waals surface area contributed by atoms with Gasteiger partial charge in [0.1, 0.15) is 0 Å². The number of hydrogen-bond donors (Lipinski definition) is 2. The van der Waals surface area contributed by atoms with Crippen LogP contribution in [0.5, 0.6) is 0 Å². The highest BCUT2D eigenvalue weighted by molar-refractivity contribution is 7.85. The molecule has 0 aliphatic carbocycles. The van der Waals surface area contributed by atoms with Gasteiger partial charge in [0, 0.05) is 18.4 Å². The number of unbranched alkanes of at least 4 members (excludes halogenated alkanes) is 3. The van der Waals surface area contributed by atoms with Crippen molar-refractivity contribution in [2.45, 2.75) is 39.5 Å². The van der Waals surface area contributed by atoms with Gasteiger partial charge in [-0.25, -0.2) is 0 Å². The predicted octanol–water partition coefficient (Wildman–Crippen LogP) is 1.28. The first-order valence-corrected chi connectivity index (χ1v) is 9.81. The van der Waals surface area contributed by atoms with Gasteiger partial charge in [0.25, 0.3) is 16.0 Å². The van der Waals surface area contributed by atoms with Gasteiger partial charge in [0.15, 0.2) is 6.54 Å². The molecule has 1 rings (SSSR count). The number of nitrogens with one attached hydrogen (secondary N) is 1. The number of carbonyl (C=O) groups excluding carboxylic acids is 1. The van der Waals surface area contributed by atoms with Crippen LogP contribution in [0.25, 0.3) is 0 Å². The van der Waals surface area contributed by atoms with Crippen molar-refractivity contribution < 1.29 is 22.2 Å². The van der Waals surface area contributed by atoms with E-state index in [0.29, 0.717) is 24.1 Å². The maximum Gasteiger partial charge on any atom is 0.275 e. The maximum absolute atomic E-state index is 12.0. The monoisotopic (exact) mass is 335 g/mol. The summed E-state index contributed by atoms with van der Waals surface area (Å²) >= 11 is 0. The molecule has 0 spiro atoms. The lowest BCUT2D eigenvalue weighted by Gasteiger charge is -2.29. The van der Waals surface area contributed by atoms with Gasteiger partial charge in [-0.1, -0.05) is 33.1 Å². The van der Waals surface area contributed by atoms with Gasteiger partial charge in [0.05, 0.1) is 25.9 Å². The number of likely N-dealkylation sites (tertiary alicyclic amines) is 1. The van der Waals surface area contributed by atoms with Crippen LogP contribution in [0, 0.1) is 11.8 Å². The molecule has 3 unspecified atom stereocenters. The van der Waals surface area contributed by atoms with Crippen LogP contribution >= 0.6 is 0 Å². The molecule has 0 aromatic rings. The van der Waals surface area contributed by atoms with E-state index in [0.717, 1.165) is 19.4 Å². The summed E-state index contributed by atoms with van der Waals surface area (Å²) in [5.41, 5.74) is 0. The minimum absolute atomic E-state index is 0.0266. The van der Waals surface area contributed by atoms with Gasteiger partial charge in [-0.05, 0) is 6.42 Å². The number of quaternary nitrogens is 1. The molecule has 1 heterocycles. The summed E-state index contributed by atoms with van der Waals surface area (Å²) < 4.78 is 31.7. The van der Waals surface area contributed by atoms with E-state index in [-0.39, 0.29) is 23.5 Å². The molecule has 22 heavy (non-hydrogen) atoms. The van der Waals surface area contributed by atoms with E-state index in [4.69, 9.17) is 4.55 Å². The molecule has 1 fully saturated rings. The Morgan fingerprint density at radius 3 is 2.55 bits per heavy atom. The Morgan fingerprint density at radius 2 is 1.95 bits per heavy atom. The molecule has 6 nitrogen and oxygen atoms in total. The second-order valence-corrected chi connectivity index (χ2v) is 8.54. The lowest BCUT2D eigenvalue weighted by molar-refractivity contribution is -0.892. The van der Waals surface area contributed by atoms with E-state index in [2.05, 4.69) is 12.2 Å². The normalized spacial score (nSPS) is 28.7. The van der Waals surface area contributed by atoms with Crippen LogP contribution in [0.4, 0.5) is 0 Å². The first kappa shape index (κ1) is 19.4. The first-order valence-electron chi connectivity index (χ1n) is 8.20. The van der Waals surface area contributed by atoms with Crippen molar-refractivity contribution in [3.05, 3.63) is 0 Å². The Morgan fingerprint density at radius 1 is 1.27 bits per heavy atom. The summed E-state index contributed by atoms with van der Waals surface area (Å²) in [5, 5.41) is 2.95. The lowest BCUT2D eigenvalue weighted by atomic mass is 10.0. The van der Waals surface area contributed by atoms with Crippen molar-refractivity contribution in [1.29, 1.82) is 0 Å². The summed E-state index contributed by atoms with van der Waals surface area (Å²) in [5.74, 6) is -0.0824. The van der Waals surface area contributed by atoms with E-state index in [9.17, 15) is 13.2 Å². The molecule has 0 aromatic carbocycles. The number of hydrogen-bond acceptors (Lipinski definition) is 3. The molecule has 1 aliphatic heterocycles. The molecule has 0 aromatic heterocycles. The fourth-order valence-corrected chi connectivity index (χ4v) is 4.44. The average Bonchev–Trinajstić information content (AvgIpc) is 2.61. The van der Waals surface area contributed by atoms with Crippen LogP contribution in [0.3, 0.4) is 0 Å². The number of amides is 1. The van der Waals surface area contributed by atoms with Crippen molar-refractivity contribution in [2.75, 3.05) is 39.0 Å². The van der Waals surface area contributed by atoms with Crippen molar-refractivity contribution in [1.82, 2.24) is 5.32 Å². The van der Waals surface area contributed by atoms with E-state index in [1.54, 1.807) is 0 Å². The van der Waals surface area contributed by atoms with Crippen LogP contribution in [0.2, 0.25) is 0 Å². The van der Waals surface area contributed by atoms with Crippen LogP contribution in [-0.4, -0.2) is 62.3 Å². The molecule has 0 saturated carbocycles. The Labute approximate surface area is 134 Å². The van der Waals surface area contributed by atoms with Gasteiger partial charge >= 0.3 is 0 Å². The van der Waals surface area contributed by atoms with Crippen molar-refractivity contribution in [3.63, 3.8) is 0 Å². The second-order valence-electron chi connectivity index (χ2n) is 7.04. The molecule has 130 valence electrons. The SMILES string of the molecule is CCCCCCNC(=O)C[N+]1(C)CC(C)C(CS(=O)(=O)O)C1. The van der Waals surface area contributed by atoms with Crippen molar-refractivity contribution in [3.8, 4) is 0 Å². The molecular formula is C15H31N2O4S+. The van der Waals surface area contributed by atoms with Crippen LogP contribution in [-0.2, 0) is 14.9 Å². The Balaban J connectivity index is 2.40. The Hall–Kier alpha value is -0.660. The quantitative estimate of drug-likeness (QED) is 0.378. The zero-order chi connectivity index (χ0) is 16.8. The number of likely N-dealkylation sites (N-methyl/N-ethyl adjacent to an activating group) is 1. The second kappa shape index (κ2) is 8.26. The highest BCUT2D eigenvalue weighted by Crippen LogP contribution is 2.28. The van der Waals surface area contributed by atoms with E-state index >= 15 is 0 Å². The number of rotatable bonds is 9. The molecule has 0 radical (unpaired) electrons. The Kier molecular flexibility index (Phi) is 7.28. The molecule has 2 N–H and O–H groups in total. The molecule has 1 amide bonds. The molecule has 3 atom stereocenters. The maximum atomic E-state index is 12.0. The summed E-state index contributed by atoms with van der Waals surface area (Å²) in [6, 6.07) is 0. The third-order valence-electron chi connectivity index (χ3n) is 4.51. The molecule has 1 aliphatic rings. The van der Waals surface area contributed by atoms with Gasteiger partial charge in [-0.2, -0.15) is 8.42 Å². The van der Waals surface area contributed by atoms with Gasteiger partial charge < -0.3 is 9.80 Å². The minimum atomic E-state index is -3.95. The molecule has 7 heteroatoms. The average molecular weight is 335 g/mol. The predicted molar refractivity (Wildman–Crippen MR) is 87.0 cm³/mol. The van der Waals surface area contributed by atoms with Crippen molar-refractivity contribution >= 4 is 16.0 Å². The van der Waals surface area contributed by atoms with Crippen LogP contribution < -0.4 is 5.32 Å². The third-order valence-corrected chi connectivity index (χ3v) is 5.36. The Bertz CT molecular complexity index is 466. The van der Waals surface area contributed by atoms with Crippen LogP contribution in [0.15, 0.2) is 0 Å². The summed E-state index contributed by atoms with van der Waals surface area (Å²) in [6.45, 7) is 6.61. The highest BCUT2D eigenvalue weighted by atomic mass is 32.2. The molecular weight excluding hydrogens is 304 g/mol. The minimum Gasteiger partial charge on any atom is -0.351 e. The van der Waals surface area contributed by atoms with Gasteiger partial charge in [-0.3, -0.25) is 9.35 Å². The first-order chi connectivity index (χ1) is 10.2. The van der Waals surface area contributed by atoms with Crippen LogP contribution in [0.1, 0.15) is 39.5 Å². The summed E-state index contributed by atoms with van der Waals surface area (Å²) in [7, 11) is -1.97. The topological polar surface area (TPSA) is 83.5 Å². The third kappa shape index (κ3) is 7.07. The summed E-state index contributed by atoms with van der Waals surface area (Å²) in [6.07, 6.45) is 4.51. The van der Waals surface area contributed by atoms with E-state index in [1.165, 1.54) is 12.8 Å². The standard InChI is InChI=1S/C15H30N2O4S/c1-4-5-6-7-8-16-15(18)11-17(3)9-13(2)14(10-17)12-22(19,20)21/h13-14H,4-12H2,1-3H3,(H-,16,18,19,20,21)/p+1. The number of nitrogens with zero attached hydrogens (tertiary/aromatic N) is 1. The molecule has 1 saturated heterocycles. The van der Waals surface area contributed by atoms with Crippen molar-refractivity contribution in [2.24, 2.45) is 11.8 Å². The van der Waals surface area contributed by atoms with Gasteiger partial charge in [0.2, 0.25) is 0 Å². The molecule has 0 bridgehead atoms. The van der Waals surface area contributed by atoms with E-state index < -0.39 is 10.1 Å². The smallest absolute Gasteiger partial charge is 0.275 e. The lowest BCUT2D eigenvalue weighted by Crippen LogP contribution is -2.49. The fraction of sp³-hybridized carbons (Fsp3) is 0.933. The number of carbonyl (C=O) groups is 1. The zero-order valence-corrected chi connectivity index (χ0v) is 14.9.